The van der Waals surface area contributed by atoms with Crippen molar-refractivity contribution in [2.45, 2.75) is 59.3 Å². The van der Waals surface area contributed by atoms with Gasteiger partial charge in [-0.15, -0.1) is 19.8 Å². The van der Waals surface area contributed by atoms with Crippen LogP contribution in [0.1, 0.15) is 59.3 Å². The Morgan fingerprint density at radius 3 is 0.944 bits per heavy atom. The van der Waals surface area contributed by atoms with Gasteiger partial charge in [0.1, 0.15) is 0 Å². The number of hydrogen-bond acceptors (Lipinski definition) is 4. The molecule has 6 heteroatoms. The molecule has 0 atom stereocenters. The van der Waals surface area contributed by atoms with Crippen LogP contribution in [0.5, 0.6) is 0 Å². The first-order valence-electron chi connectivity index (χ1n) is 6.40. The summed E-state index contributed by atoms with van der Waals surface area (Å²) in [6, 6.07) is 0. The van der Waals surface area contributed by atoms with Crippen molar-refractivity contribution in [1.29, 1.82) is 0 Å². The zero-order valence-corrected chi connectivity index (χ0v) is 16.9. The second-order valence-corrected chi connectivity index (χ2v) is 6.75. The fraction of sp³-hybridized carbons (Fsp3) is 1.00. The van der Waals surface area contributed by atoms with E-state index in [0.29, 0.717) is 0 Å². The van der Waals surface area contributed by atoms with E-state index in [2.05, 4.69) is 0.889 Å². The van der Waals surface area contributed by atoms with Crippen LogP contribution in [0.25, 0.3) is 0 Å². The average molecular weight is 418 g/mol. The Kier molecular flexibility index (Phi) is 66.3. The second-order valence-electron chi connectivity index (χ2n) is 3.28. The van der Waals surface area contributed by atoms with Crippen molar-refractivity contribution in [3.63, 3.8) is 0 Å². The standard InChI is InChI=1S/3C4H9O.O.2Zr/c3*1-2-3-4-5;;;/h3*2-4H2,1H3;;;/q3*-1;;;+3. The van der Waals surface area contributed by atoms with Crippen LogP contribution in [-0.4, -0.2) is 19.8 Å². The van der Waals surface area contributed by atoms with Crippen molar-refractivity contribution in [3.8, 4) is 0 Å². The Morgan fingerprint density at radius 1 is 0.778 bits per heavy atom. The molecule has 0 spiro atoms. The SMILES string of the molecule is CCCC[O-].CCCC[O-].CCCC[O-].[Zr][O][Zr+3]. The zero-order chi connectivity index (χ0) is 15.1. The summed E-state index contributed by atoms with van der Waals surface area (Å²) in [5.74, 6) is 0. The van der Waals surface area contributed by atoms with Gasteiger partial charge in [-0.25, -0.2) is 0 Å². The van der Waals surface area contributed by atoms with Crippen molar-refractivity contribution < 1.29 is 66.5 Å². The van der Waals surface area contributed by atoms with E-state index in [1.165, 1.54) is 50.3 Å². The van der Waals surface area contributed by atoms with Crippen LogP contribution in [-0.2, 0) is 51.2 Å². The summed E-state index contributed by atoms with van der Waals surface area (Å²) in [4.78, 5) is 0. The molecule has 0 saturated heterocycles. The van der Waals surface area contributed by atoms with E-state index in [1.807, 2.05) is 20.8 Å². The van der Waals surface area contributed by atoms with Crippen molar-refractivity contribution in [1.82, 2.24) is 0 Å². The van der Waals surface area contributed by atoms with Gasteiger partial charge in [-0.05, 0) is 0 Å². The molecule has 0 radical (unpaired) electrons. The number of unbranched alkanes of at least 4 members (excludes halogenated alkanes) is 3. The summed E-state index contributed by atoms with van der Waals surface area (Å²) < 4.78 is 4.43. The van der Waals surface area contributed by atoms with Crippen LogP contribution < -0.4 is 15.3 Å². The second kappa shape index (κ2) is 42.8. The van der Waals surface area contributed by atoms with Crippen molar-refractivity contribution in [2.24, 2.45) is 0 Å². The van der Waals surface area contributed by atoms with Crippen molar-refractivity contribution in [2.75, 3.05) is 19.8 Å². The van der Waals surface area contributed by atoms with E-state index in [1.54, 1.807) is 0 Å². The van der Waals surface area contributed by atoms with Gasteiger partial charge >= 0.3 is 51.2 Å². The summed E-state index contributed by atoms with van der Waals surface area (Å²) in [7, 11) is 0. The molecule has 0 aliphatic rings. The Morgan fingerprint density at radius 2 is 0.944 bits per heavy atom. The van der Waals surface area contributed by atoms with Gasteiger partial charge in [0.2, 0.25) is 0 Å². The quantitative estimate of drug-likeness (QED) is 0.625. The van der Waals surface area contributed by atoms with Crippen LogP contribution in [0.2, 0.25) is 0 Å². The minimum absolute atomic E-state index is 0.0938. The molecule has 0 fully saturated rings. The monoisotopic (exact) mass is 415 g/mol. The Labute approximate surface area is 144 Å². The summed E-state index contributed by atoms with van der Waals surface area (Å²) in [6.45, 7) is 6.32. The molecule has 0 aliphatic heterocycles. The van der Waals surface area contributed by atoms with Gasteiger partial charge in [0.05, 0.1) is 0 Å². The van der Waals surface area contributed by atoms with Gasteiger partial charge < -0.3 is 15.3 Å². The van der Waals surface area contributed by atoms with E-state index in [-0.39, 0.29) is 19.8 Å². The third-order valence-corrected chi connectivity index (χ3v) is 1.49. The predicted molar refractivity (Wildman–Crippen MR) is 60.4 cm³/mol. The topological polar surface area (TPSA) is 78.4 Å². The molecule has 0 saturated carbocycles. The molecule has 4 nitrogen and oxygen atoms in total. The first-order chi connectivity index (χ1) is 8.66. The maximum absolute atomic E-state index is 9.53. The maximum atomic E-state index is 9.53. The van der Waals surface area contributed by atoms with Crippen molar-refractivity contribution in [3.05, 3.63) is 0 Å². The summed E-state index contributed by atoms with van der Waals surface area (Å²) in [6.07, 6.45) is 5.59. The van der Waals surface area contributed by atoms with Gasteiger partial charge in [-0.3, -0.25) is 0 Å². The molecule has 0 amide bonds. The summed E-state index contributed by atoms with van der Waals surface area (Å²) in [5.41, 5.74) is 0. The summed E-state index contributed by atoms with van der Waals surface area (Å²) >= 11 is 2.35. The molecule has 0 aromatic carbocycles. The molecular weight excluding hydrogens is 391 g/mol. The third kappa shape index (κ3) is 83.9. The molecule has 0 heterocycles. The van der Waals surface area contributed by atoms with Gasteiger partial charge in [0.15, 0.2) is 0 Å². The fourth-order valence-corrected chi connectivity index (χ4v) is 0.433. The van der Waals surface area contributed by atoms with Crippen LogP contribution in [0.4, 0.5) is 0 Å². The number of hydrogen-bond donors (Lipinski definition) is 0. The Balaban J connectivity index is -0.0000000739. The van der Waals surface area contributed by atoms with Gasteiger partial charge in [0, 0.05) is 0 Å². The molecule has 107 valence electrons. The van der Waals surface area contributed by atoms with Crippen LogP contribution in [0.3, 0.4) is 0 Å². The average Bonchev–Trinajstić information content (AvgIpc) is 2.35. The molecule has 18 heavy (non-hydrogen) atoms. The molecule has 0 aromatic heterocycles. The van der Waals surface area contributed by atoms with Gasteiger partial charge in [-0.1, -0.05) is 59.3 Å². The predicted octanol–water partition coefficient (Wildman–Crippen LogP) is 0.367. The molecule has 0 aliphatic carbocycles. The normalized spacial score (nSPS) is 7.94. The van der Waals surface area contributed by atoms with E-state index in [0.717, 1.165) is 38.5 Å². The zero-order valence-electron chi connectivity index (χ0n) is 12.0. The third-order valence-electron chi connectivity index (χ3n) is 1.49. The van der Waals surface area contributed by atoms with E-state index >= 15 is 0 Å². The van der Waals surface area contributed by atoms with Gasteiger partial charge in [-0.2, -0.15) is 0 Å². The fourth-order valence-electron chi connectivity index (χ4n) is 0.433. The molecule has 0 bridgehead atoms. The molecule has 0 aromatic rings. The van der Waals surface area contributed by atoms with E-state index < -0.39 is 0 Å². The molecule has 0 N–H and O–H groups in total. The Bertz CT molecular complexity index is 68.2. The van der Waals surface area contributed by atoms with E-state index in [4.69, 9.17) is 0 Å². The molecule has 0 unspecified atom stereocenters. The number of rotatable bonds is 6. The summed E-state index contributed by atoms with van der Waals surface area (Å²) in [5, 5.41) is 28.6. The van der Waals surface area contributed by atoms with Crippen LogP contribution in [0.15, 0.2) is 0 Å². The Hall–Kier alpha value is 1.61. The van der Waals surface area contributed by atoms with Crippen LogP contribution >= 0.6 is 0 Å². The van der Waals surface area contributed by atoms with Crippen LogP contribution in [0, 0.1) is 0 Å². The minimum atomic E-state index is 0.0938. The first-order valence-corrected chi connectivity index (χ1v) is 8.40. The van der Waals surface area contributed by atoms with Gasteiger partial charge in [0.25, 0.3) is 0 Å². The first kappa shape index (κ1) is 27.9. The molecular formula is C12H27O4Zr2. The van der Waals surface area contributed by atoms with E-state index in [9.17, 15) is 15.3 Å². The van der Waals surface area contributed by atoms with Crippen molar-refractivity contribution >= 4 is 0 Å². The molecule has 0 rings (SSSR count).